The molecule has 0 saturated heterocycles. The Bertz CT molecular complexity index is 2390. The van der Waals surface area contributed by atoms with Gasteiger partial charge < -0.3 is 0 Å². The third-order valence-electron chi connectivity index (χ3n) is 10.0. The molecule has 7 aromatic carbocycles. The van der Waals surface area contributed by atoms with Crippen molar-refractivity contribution in [3.8, 4) is 44.5 Å². The molecule has 0 nitrogen and oxygen atoms in total. The average Bonchev–Trinajstić information content (AvgIpc) is 3.46. The third kappa shape index (κ3) is 3.45. The minimum absolute atomic E-state index is 0.0571. The molecule has 1 heteroatoms. The molecular weight excluding hydrogens is 596 g/mol. The molecule has 44 heavy (non-hydrogen) atoms. The lowest BCUT2D eigenvalue weighted by atomic mass is 9.80. The Labute approximate surface area is 266 Å². The summed E-state index contributed by atoms with van der Waals surface area (Å²) < 4.78 is 1.08. The van der Waals surface area contributed by atoms with Gasteiger partial charge in [-0.1, -0.05) is 139 Å². The highest BCUT2D eigenvalue weighted by atomic mass is 79.9. The molecule has 0 bridgehead atoms. The van der Waals surface area contributed by atoms with Gasteiger partial charge in [0.05, 0.1) is 0 Å². The third-order valence-corrected chi connectivity index (χ3v) is 10.5. The minimum Gasteiger partial charge on any atom is -0.0905 e. The SMILES string of the molecule is C=C1c2ccccc2-c2ccc(-c3c4ccccc4c(-c4ccc5c(c4)C(C)(C)c4ccccc4-5)c4cc(Br)ccc34)cc21. The number of halogens is 1. The molecule has 0 aromatic heterocycles. The van der Waals surface area contributed by atoms with Gasteiger partial charge in [-0.05, 0) is 118 Å². The zero-order valence-corrected chi connectivity index (χ0v) is 26.3. The van der Waals surface area contributed by atoms with Crippen LogP contribution in [0.15, 0.2) is 138 Å². The molecule has 0 saturated carbocycles. The average molecular weight is 626 g/mol. The number of hydrogen-bond donors (Lipinski definition) is 0. The van der Waals surface area contributed by atoms with E-state index in [2.05, 4.69) is 164 Å². The molecule has 0 amide bonds. The molecule has 2 aliphatic rings. The van der Waals surface area contributed by atoms with Crippen LogP contribution in [0, 0.1) is 0 Å². The molecule has 0 spiro atoms. The van der Waals surface area contributed by atoms with Crippen molar-refractivity contribution >= 4 is 43.0 Å². The number of benzene rings is 7. The van der Waals surface area contributed by atoms with Crippen molar-refractivity contribution in [2.75, 3.05) is 0 Å². The summed E-state index contributed by atoms with van der Waals surface area (Å²) in [6.07, 6.45) is 0. The molecule has 0 atom stereocenters. The van der Waals surface area contributed by atoms with Gasteiger partial charge in [0.15, 0.2) is 0 Å². The first-order chi connectivity index (χ1) is 21.4. The largest absolute Gasteiger partial charge is 0.0905 e. The number of hydrogen-bond acceptors (Lipinski definition) is 0. The second-order valence-electron chi connectivity index (χ2n) is 12.7. The second-order valence-corrected chi connectivity index (χ2v) is 13.6. The lowest BCUT2D eigenvalue weighted by molar-refractivity contribution is 0.660. The molecule has 2 aliphatic carbocycles. The van der Waals surface area contributed by atoms with E-state index in [-0.39, 0.29) is 5.41 Å². The Morgan fingerprint density at radius 3 is 1.77 bits per heavy atom. The quantitative estimate of drug-likeness (QED) is 0.168. The van der Waals surface area contributed by atoms with Crippen molar-refractivity contribution < 1.29 is 0 Å². The van der Waals surface area contributed by atoms with E-state index in [0.717, 1.165) is 10.0 Å². The Morgan fingerprint density at radius 1 is 0.455 bits per heavy atom. The summed E-state index contributed by atoms with van der Waals surface area (Å²) in [6, 6.07) is 47.2. The summed E-state index contributed by atoms with van der Waals surface area (Å²) in [5.41, 5.74) is 16.6. The van der Waals surface area contributed by atoms with Crippen molar-refractivity contribution in [2.45, 2.75) is 19.3 Å². The molecule has 0 heterocycles. The molecule has 0 unspecified atom stereocenters. The first-order valence-corrected chi connectivity index (χ1v) is 16.0. The Kier molecular flexibility index (Phi) is 5.35. The van der Waals surface area contributed by atoms with Crippen molar-refractivity contribution in [3.63, 3.8) is 0 Å². The van der Waals surface area contributed by atoms with Gasteiger partial charge in [-0.25, -0.2) is 0 Å². The Morgan fingerprint density at radius 2 is 1.00 bits per heavy atom. The molecule has 208 valence electrons. The summed E-state index contributed by atoms with van der Waals surface area (Å²) in [4.78, 5) is 0. The van der Waals surface area contributed by atoms with E-state index >= 15 is 0 Å². The van der Waals surface area contributed by atoms with Crippen LogP contribution >= 0.6 is 15.9 Å². The van der Waals surface area contributed by atoms with Crippen LogP contribution in [0.25, 0.3) is 71.6 Å². The standard InChI is InChI=1S/C43H29Br/c1-25-29-10-4-5-11-30(29)31-19-16-26(22-37(25)31)41-34-13-6-7-14-35(34)42(38-24-28(44)18-21-36(38)41)27-17-20-33-32-12-8-9-15-39(32)43(2,3)40(33)23-27/h4-24H,1H2,2-3H3. The zero-order chi connectivity index (χ0) is 29.7. The maximum Gasteiger partial charge on any atom is 0.0181 e. The van der Waals surface area contributed by atoms with Gasteiger partial charge in [-0.2, -0.15) is 0 Å². The van der Waals surface area contributed by atoms with Gasteiger partial charge in [0.2, 0.25) is 0 Å². The monoisotopic (exact) mass is 624 g/mol. The Balaban J connectivity index is 1.32. The van der Waals surface area contributed by atoms with E-state index in [9.17, 15) is 0 Å². The van der Waals surface area contributed by atoms with Gasteiger partial charge in [-0.15, -0.1) is 0 Å². The van der Waals surface area contributed by atoms with E-state index in [0.29, 0.717) is 0 Å². The van der Waals surface area contributed by atoms with Crippen molar-refractivity contribution in [1.29, 1.82) is 0 Å². The van der Waals surface area contributed by atoms with E-state index in [1.807, 2.05) is 0 Å². The molecule has 0 aliphatic heterocycles. The molecule has 7 aromatic rings. The van der Waals surface area contributed by atoms with E-state index in [4.69, 9.17) is 0 Å². The van der Waals surface area contributed by atoms with Gasteiger partial charge in [-0.3, -0.25) is 0 Å². The highest BCUT2D eigenvalue weighted by Gasteiger charge is 2.35. The van der Waals surface area contributed by atoms with Gasteiger partial charge in [0.25, 0.3) is 0 Å². The first kappa shape index (κ1) is 25.7. The van der Waals surface area contributed by atoms with Gasteiger partial charge in [0.1, 0.15) is 0 Å². The predicted octanol–water partition coefficient (Wildman–Crippen LogP) is 12.4. The van der Waals surface area contributed by atoms with Crippen molar-refractivity contribution in [3.05, 3.63) is 161 Å². The van der Waals surface area contributed by atoms with E-state index in [1.54, 1.807) is 0 Å². The topological polar surface area (TPSA) is 0 Å². The van der Waals surface area contributed by atoms with Crippen LogP contribution in [0.5, 0.6) is 0 Å². The van der Waals surface area contributed by atoms with Crippen LogP contribution in [-0.2, 0) is 5.41 Å². The first-order valence-electron chi connectivity index (χ1n) is 15.2. The predicted molar refractivity (Wildman–Crippen MR) is 191 cm³/mol. The fourth-order valence-electron chi connectivity index (χ4n) is 7.94. The van der Waals surface area contributed by atoms with Crippen LogP contribution in [0.2, 0.25) is 0 Å². The molecule has 9 rings (SSSR count). The van der Waals surface area contributed by atoms with Crippen LogP contribution in [0.3, 0.4) is 0 Å². The number of rotatable bonds is 2. The lowest BCUT2D eigenvalue weighted by Gasteiger charge is -2.23. The Hall–Kier alpha value is -4.72. The van der Waals surface area contributed by atoms with E-state index in [1.165, 1.54) is 88.3 Å². The summed E-state index contributed by atoms with van der Waals surface area (Å²) in [6.45, 7) is 9.23. The highest BCUT2D eigenvalue weighted by molar-refractivity contribution is 9.10. The van der Waals surface area contributed by atoms with E-state index < -0.39 is 0 Å². The van der Waals surface area contributed by atoms with Crippen LogP contribution in [0.1, 0.15) is 36.1 Å². The second kappa shape index (κ2) is 9.14. The number of fused-ring (bicyclic) bond motifs is 8. The van der Waals surface area contributed by atoms with Gasteiger partial charge in [0, 0.05) is 9.89 Å². The molecular formula is C43H29Br. The lowest BCUT2D eigenvalue weighted by Crippen LogP contribution is -2.14. The summed E-state index contributed by atoms with van der Waals surface area (Å²) in [5.74, 6) is 0. The summed E-state index contributed by atoms with van der Waals surface area (Å²) in [7, 11) is 0. The molecule has 0 fully saturated rings. The summed E-state index contributed by atoms with van der Waals surface area (Å²) in [5, 5.41) is 5.04. The highest BCUT2D eigenvalue weighted by Crippen LogP contribution is 2.52. The fraction of sp³-hybridized carbons (Fsp3) is 0.0698. The normalized spacial score (nSPS) is 14.0. The molecule has 0 N–H and O–H groups in total. The maximum atomic E-state index is 4.51. The zero-order valence-electron chi connectivity index (χ0n) is 24.7. The summed E-state index contributed by atoms with van der Waals surface area (Å²) >= 11 is 3.82. The van der Waals surface area contributed by atoms with Gasteiger partial charge >= 0.3 is 0 Å². The van der Waals surface area contributed by atoms with Crippen molar-refractivity contribution in [1.82, 2.24) is 0 Å². The minimum atomic E-state index is -0.0571. The molecule has 0 radical (unpaired) electrons. The van der Waals surface area contributed by atoms with Crippen LogP contribution in [0.4, 0.5) is 0 Å². The smallest absolute Gasteiger partial charge is 0.0181 e. The fourth-order valence-corrected chi connectivity index (χ4v) is 8.30. The van der Waals surface area contributed by atoms with Crippen LogP contribution in [-0.4, -0.2) is 0 Å². The van der Waals surface area contributed by atoms with Crippen LogP contribution < -0.4 is 0 Å². The van der Waals surface area contributed by atoms with Crippen molar-refractivity contribution in [2.24, 2.45) is 0 Å². The maximum absolute atomic E-state index is 4.51.